The van der Waals surface area contributed by atoms with Crippen molar-refractivity contribution in [1.82, 2.24) is 0 Å². The lowest BCUT2D eigenvalue weighted by Gasteiger charge is -2.22. The molecule has 0 heterocycles. The predicted octanol–water partition coefficient (Wildman–Crippen LogP) is 3.30. The van der Waals surface area contributed by atoms with E-state index in [4.69, 9.17) is 5.73 Å². The largest absolute Gasteiger partial charge is 0.456 e. The number of carbonyl (C=O) groups is 1. The molecule has 0 saturated carbocycles. The Morgan fingerprint density at radius 2 is 1.74 bits per heavy atom. The highest BCUT2D eigenvalue weighted by Gasteiger charge is 2.65. The van der Waals surface area contributed by atoms with E-state index < -0.39 is 29.6 Å². The molecule has 0 bridgehead atoms. The summed E-state index contributed by atoms with van der Waals surface area (Å²) in [5.74, 6) is -7.76. The maximum atomic E-state index is 13.2. The molecule has 0 amide bonds. The van der Waals surface area contributed by atoms with Crippen LogP contribution in [0.25, 0.3) is 0 Å². The number of anilines is 1. The van der Waals surface area contributed by atoms with E-state index in [1.807, 2.05) is 0 Å². The standard InChI is InChI=1S/C11H9F6NO/c1-5-2-3-6(7(18)4-5)8(19)9(12)10(13,14)11(15,16)17/h2-4,9H,18H2,1H3. The molecule has 0 fully saturated rings. The molecule has 0 aromatic heterocycles. The number of nitrogens with two attached hydrogens (primary N) is 1. The molecule has 2 nitrogen and oxygen atoms in total. The highest BCUT2D eigenvalue weighted by atomic mass is 19.4. The van der Waals surface area contributed by atoms with E-state index in [9.17, 15) is 31.1 Å². The van der Waals surface area contributed by atoms with Gasteiger partial charge < -0.3 is 5.73 Å². The molecular weight excluding hydrogens is 276 g/mol. The molecule has 0 radical (unpaired) electrons. The van der Waals surface area contributed by atoms with Gasteiger partial charge in [-0.05, 0) is 24.6 Å². The number of nitrogen functional groups attached to an aromatic ring is 1. The summed E-state index contributed by atoms with van der Waals surface area (Å²) in [5.41, 5.74) is 4.78. The maximum Gasteiger partial charge on any atom is 0.456 e. The lowest BCUT2D eigenvalue weighted by Crippen LogP contribution is -2.48. The molecule has 1 unspecified atom stereocenters. The lowest BCUT2D eigenvalue weighted by molar-refractivity contribution is -0.296. The third-order valence-electron chi connectivity index (χ3n) is 2.40. The van der Waals surface area contributed by atoms with Crippen LogP contribution >= 0.6 is 0 Å². The normalized spacial score (nSPS) is 14.3. The highest BCUT2D eigenvalue weighted by Crippen LogP contribution is 2.40. The second-order valence-electron chi connectivity index (χ2n) is 3.94. The summed E-state index contributed by atoms with van der Waals surface area (Å²) in [6.45, 7) is 1.56. The van der Waals surface area contributed by atoms with E-state index >= 15 is 0 Å². The molecule has 106 valence electrons. The molecule has 8 heteroatoms. The van der Waals surface area contributed by atoms with Gasteiger partial charge in [-0.1, -0.05) is 6.07 Å². The summed E-state index contributed by atoms with van der Waals surface area (Å²) in [4.78, 5) is 11.3. The second-order valence-corrected chi connectivity index (χ2v) is 3.94. The van der Waals surface area contributed by atoms with Crippen LogP contribution < -0.4 is 5.73 Å². The zero-order valence-electron chi connectivity index (χ0n) is 9.56. The number of hydrogen-bond donors (Lipinski definition) is 1. The summed E-state index contributed by atoms with van der Waals surface area (Å²) in [6.07, 6.45) is -10.2. The van der Waals surface area contributed by atoms with Crippen LogP contribution in [0.4, 0.5) is 32.0 Å². The van der Waals surface area contributed by atoms with Crippen LogP contribution in [0.15, 0.2) is 18.2 Å². The SMILES string of the molecule is Cc1ccc(C(=O)C(F)C(F)(F)C(F)(F)F)c(N)c1. The van der Waals surface area contributed by atoms with Gasteiger partial charge in [0.1, 0.15) is 0 Å². The van der Waals surface area contributed by atoms with Crippen molar-refractivity contribution in [2.45, 2.75) is 25.2 Å². The number of benzene rings is 1. The van der Waals surface area contributed by atoms with Crippen molar-refractivity contribution in [1.29, 1.82) is 0 Å². The second kappa shape index (κ2) is 4.75. The Balaban J connectivity index is 3.13. The first-order valence-corrected chi connectivity index (χ1v) is 4.97. The summed E-state index contributed by atoms with van der Waals surface area (Å²) in [5, 5.41) is 0. The quantitative estimate of drug-likeness (QED) is 0.526. The molecule has 0 saturated heterocycles. The summed E-state index contributed by atoms with van der Waals surface area (Å²) in [7, 11) is 0. The fourth-order valence-corrected chi connectivity index (χ4v) is 1.35. The molecule has 19 heavy (non-hydrogen) atoms. The van der Waals surface area contributed by atoms with Crippen LogP contribution in [0.5, 0.6) is 0 Å². The minimum atomic E-state index is -6.15. The first kappa shape index (κ1) is 15.3. The number of halogens is 6. The van der Waals surface area contributed by atoms with Gasteiger partial charge in [0, 0.05) is 11.3 Å². The minimum Gasteiger partial charge on any atom is -0.398 e. The molecule has 0 aliphatic rings. The third-order valence-corrected chi connectivity index (χ3v) is 2.40. The molecule has 0 aliphatic carbocycles. The molecular formula is C11H9F6NO. The van der Waals surface area contributed by atoms with Gasteiger partial charge in [-0.2, -0.15) is 22.0 Å². The monoisotopic (exact) mass is 285 g/mol. The van der Waals surface area contributed by atoms with Crippen molar-refractivity contribution in [3.05, 3.63) is 29.3 Å². The predicted molar refractivity (Wildman–Crippen MR) is 55.8 cm³/mol. The van der Waals surface area contributed by atoms with E-state index in [1.54, 1.807) is 6.92 Å². The Morgan fingerprint density at radius 3 is 2.16 bits per heavy atom. The highest BCUT2D eigenvalue weighted by molar-refractivity contribution is 6.04. The van der Waals surface area contributed by atoms with Crippen molar-refractivity contribution in [2.75, 3.05) is 5.73 Å². The van der Waals surface area contributed by atoms with Crippen LogP contribution in [0, 0.1) is 6.92 Å². The Morgan fingerprint density at radius 1 is 1.21 bits per heavy atom. The topological polar surface area (TPSA) is 43.1 Å². The number of hydrogen-bond acceptors (Lipinski definition) is 2. The van der Waals surface area contributed by atoms with Crippen molar-refractivity contribution >= 4 is 11.5 Å². The van der Waals surface area contributed by atoms with Crippen molar-refractivity contribution in [3.8, 4) is 0 Å². The fraction of sp³-hybridized carbons (Fsp3) is 0.364. The van der Waals surface area contributed by atoms with Crippen molar-refractivity contribution in [2.24, 2.45) is 0 Å². The smallest absolute Gasteiger partial charge is 0.398 e. The van der Waals surface area contributed by atoms with E-state index in [0.717, 1.165) is 6.07 Å². The van der Waals surface area contributed by atoms with E-state index in [2.05, 4.69) is 0 Å². The van der Waals surface area contributed by atoms with Crippen molar-refractivity contribution in [3.63, 3.8) is 0 Å². The Hall–Kier alpha value is -1.73. The number of ketones is 1. The summed E-state index contributed by atoms with van der Waals surface area (Å²) >= 11 is 0. The van der Waals surface area contributed by atoms with Gasteiger partial charge >= 0.3 is 12.1 Å². The Bertz CT molecular complexity index is 496. The molecule has 0 spiro atoms. The van der Waals surface area contributed by atoms with Gasteiger partial charge in [0.25, 0.3) is 0 Å². The average molecular weight is 285 g/mol. The third kappa shape index (κ3) is 2.82. The number of alkyl halides is 6. The van der Waals surface area contributed by atoms with Crippen LogP contribution in [0.2, 0.25) is 0 Å². The number of Topliss-reactive ketones (excluding diaryl/α,β-unsaturated/α-hetero) is 1. The first-order valence-electron chi connectivity index (χ1n) is 4.97. The van der Waals surface area contributed by atoms with Crippen LogP contribution in [-0.4, -0.2) is 24.1 Å². The van der Waals surface area contributed by atoms with Gasteiger partial charge in [0.15, 0.2) is 0 Å². The molecule has 0 aliphatic heterocycles. The van der Waals surface area contributed by atoms with Crippen LogP contribution in [-0.2, 0) is 0 Å². The summed E-state index contributed by atoms with van der Waals surface area (Å²) in [6, 6.07) is 3.33. The minimum absolute atomic E-state index is 0.356. The van der Waals surface area contributed by atoms with Crippen LogP contribution in [0.3, 0.4) is 0 Å². The zero-order valence-corrected chi connectivity index (χ0v) is 9.56. The van der Waals surface area contributed by atoms with E-state index in [0.29, 0.717) is 5.56 Å². The van der Waals surface area contributed by atoms with Crippen LogP contribution in [0.1, 0.15) is 15.9 Å². The Kier molecular flexibility index (Phi) is 3.83. The van der Waals surface area contributed by atoms with E-state index in [-0.39, 0.29) is 5.69 Å². The van der Waals surface area contributed by atoms with Gasteiger partial charge in [0.05, 0.1) is 0 Å². The molecule has 1 atom stereocenters. The number of aryl methyl sites for hydroxylation is 1. The van der Waals surface area contributed by atoms with Gasteiger partial charge in [-0.15, -0.1) is 0 Å². The average Bonchev–Trinajstić information content (AvgIpc) is 2.25. The van der Waals surface area contributed by atoms with Gasteiger partial charge in [0.2, 0.25) is 12.0 Å². The van der Waals surface area contributed by atoms with E-state index in [1.165, 1.54) is 12.1 Å². The molecule has 2 N–H and O–H groups in total. The summed E-state index contributed by atoms with van der Waals surface area (Å²) < 4.78 is 74.4. The fourth-order valence-electron chi connectivity index (χ4n) is 1.35. The molecule has 1 aromatic rings. The van der Waals surface area contributed by atoms with Crippen molar-refractivity contribution < 1.29 is 31.1 Å². The van der Waals surface area contributed by atoms with Gasteiger partial charge in [-0.25, -0.2) is 4.39 Å². The number of carbonyl (C=O) groups excluding carboxylic acids is 1. The molecule has 1 rings (SSSR count). The number of rotatable bonds is 3. The Labute approximate surface area is 104 Å². The maximum absolute atomic E-state index is 13.2. The molecule has 1 aromatic carbocycles. The lowest BCUT2D eigenvalue weighted by atomic mass is 9.99. The van der Waals surface area contributed by atoms with Gasteiger partial charge in [-0.3, -0.25) is 4.79 Å². The first-order chi connectivity index (χ1) is 8.48. The zero-order chi connectivity index (χ0) is 15.0.